The van der Waals surface area contributed by atoms with E-state index in [2.05, 4.69) is 23.8 Å². The monoisotopic (exact) mass is 531 g/mol. The van der Waals surface area contributed by atoms with Crippen molar-refractivity contribution in [2.75, 3.05) is 5.75 Å². The van der Waals surface area contributed by atoms with E-state index >= 15 is 0 Å². The minimum absolute atomic E-state index is 0.0705. The van der Waals surface area contributed by atoms with Gasteiger partial charge in [-0.05, 0) is 37.6 Å². The molecule has 36 heavy (non-hydrogen) atoms. The molecule has 2 aromatic rings. The minimum atomic E-state index is -3.51. The summed E-state index contributed by atoms with van der Waals surface area (Å²) in [5.74, 6) is 0.744. The number of hydrogen-bond donors (Lipinski definition) is 1. The summed E-state index contributed by atoms with van der Waals surface area (Å²) in [7, 11) is -3.51. The van der Waals surface area contributed by atoms with Gasteiger partial charge < -0.3 is 0 Å². The van der Waals surface area contributed by atoms with Crippen LogP contribution in [0.25, 0.3) is 0 Å². The zero-order valence-corrected chi connectivity index (χ0v) is 24.4. The van der Waals surface area contributed by atoms with E-state index < -0.39 is 10.0 Å². The molecule has 0 heterocycles. The Morgan fingerprint density at radius 2 is 1.19 bits per heavy atom. The van der Waals surface area contributed by atoms with Crippen LogP contribution in [0, 0.1) is 6.92 Å². The Kier molecular flexibility index (Phi) is 16.2. The summed E-state index contributed by atoms with van der Waals surface area (Å²) in [4.78, 5) is 1.53. The van der Waals surface area contributed by atoms with Gasteiger partial charge in [0.1, 0.15) is 0 Å². The fraction of sp³-hybridized carbons (Fsp3) is 0.613. The summed E-state index contributed by atoms with van der Waals surface area (Å²) in [6, 6.07) is 17.3. The van der Waals surface area contributed by atoms with Crippen molar-refractivity contribution >= 4 is 21.8 Å². The molecule has 0 aliphatic rings. The van der Waals surface area contributed by atoms with E-state index in [1.54, 1.807) is 23.9 Å². The maximum Gasteiger partial charge on any atom is 0.240 e. The highest BCUT2D eigenvalue weighted by atomic mass is 32.2. The molecule has 2 aromatic carbocycles. The lowest BCUT2D eigenvalue weighted by Gasteiger charge is -2.19. The average Bonchev–Trinajstić information content (AvgIpc) is 2.88. The Morgan fingerprint density at radius 3 is 1.72 bits per heavy atom. The lowest BCUT2D eigenvalue weighted by Crippen LogP contribution is -2.36. The van der Waals surface area contributed by atoms with Gasteiger partial charge in [0, 0.05) is 16.7 Å². The van der Waals surface area contributed by atoms with Gasteiger partial charge in [-0.15, -0.1) is 11.8 Å². The second kappa shape index (κ2) is 18.9. The Labute approximate surface area is 226 Å². The summed E-state index contributed by atoms with van der Waals surface area (Å²) in [6.45, 7) is 4.25. The number of aryl methyl sites for hydroxylation is 1. The third-order valence-electron chi connectivity index (χ3n) is 6.75. The Morgan fingerprint density at radius 1 is 0.694 bits per heavy atom. The van der Waals surface area contributed by atoms with Gasteiger partial charge in [-0.1, -0.05) is 133 Å². The number of thioether (sulfide) groups is 1. The summed E-state index contributed by atoms with van der Waals surface area (Å²) in [5, 5.41) is 0. The molecule has 0 aliphatic carbocycles. The first-order chi connectivity index (χ1) is 17.5. The van der Waals surface area contributed by atoms with E-state index in [0.29, 0.717) is 4.90 Å². The van der Waals surface area contributed by atoms with E-state index in [9.17, 15) is 8.42 Å². The molecule has 202 valence electrons. The van der Waals surface area contributed by atoms with Crippen LogP contribution in [0.1, 0.15) is 109 Å². The van der Waals surface area contributed by atoms with Crippen LogP contribution in [0.3, 0.4) is 0 Å². The van der Waals surface area contributed by atoms with Gasteiger partial charge in [0.25, 0.3) is 0 Å². The first kappa shape index (κ1) is 30.9. The summed E-state index contributed by atoms with van der Waals surface area (Å²) >= 11 is 1.73. The van der Waals surface area contributed by atoms with Crippen LogP contribution in [0.15, 0.2) is 64.4 Å². The molecule has 0 bridgehead atoms. The van der Waals surface area contributed by atoms with Crippen molar-refractivity contribution in [1.82, 2.24) is 4.72 Å². The van der Waals surface area contributed by atoms with Crippen molar-refractivity contribution in [3.8, 4) is 0 Å². The Hall–Kier alpha value is -1.30. The molecule has 0 spiro atoms. The lowest BCUT2D eigenvalue weighted by atomic mass is 10.0. The number of unbranched alkanes of at least 4 members (excludes halogenated alkanes) is 13. The molecule has 0 radical (unpaired) electrons. The number of nitrogens with one attached hydrogen (secondary N) is 1. The predicted molar refractivity (Wildman–Crippen MR) is 157 cm³/mol. The van der Waals surface area contributed by atoms with Gasteiger partial charge in [0.05, 0.1) is 4.90 Å². The molecule has 0 saturated carbocycles. The van der Waals surface area contributed by atoms with Gasteiger partial charge >= 0.3 is 0 Å². The predicted octanol–water partition coefficient (Wildman–Crippen LogP) is 9.31. The molecule has 0 aromatic heterocycles. The highest BCUT2D eigenvalue weighted by Crippen LogP contribution is 2.22. The van der Waals surface area contributed by atoms with Crippen molar-refractivity contribution in [3.05, 3.63) is 60.2 Å². The summed E-state index contributed by atoms with van der Waals surface area (Å²) < 4.78 is 29.0. The third-order valence-corrected chi connectivity index (χ3v) is 9.46. The van der Waals surface area contributed by atoms with Crippen molar-refractivity contribution in [3.63, 3.8) is 0 Å². The van der Waals surface area contributed by atoms with E-state index in [0.717, 1.165) is 24.2 Å². The normalized spacial score (nSPS) is 12.6. The van der Waals surface area contributed by atoms with E-state index in [1.165, 1.54) is 88.4 Å². The van der Waals surface area contributed by atoms with E-state index in [4.69, 9.17) is 0 Å². The molecule has 0 saturated heterocycles. The van der Waals surface area contributed by atoms with Crippen molar-refractivity contribution in [2.45, 2.75) is 126 Å². The van der Waals surface area contributed by atoms with Crippen LogP contribution < -0.4 is 4.72 Å². The number of benzene rings is 2. The molecule has 0 aliphatic heterocycles. The molecule has 0 fully saturated rings. The van der Waals surface area contributed by atoms with E-state index in [1.807, 2.05) is 37.3 Å². The van der Waals surface area contributed by atoms with Crippen LogP contribution in [0.5, 0.6) is 0 Å². The third kappa shape index (κ3) is 13.9. The minimum Gasteiger partial charge on any atom is -0.207 e. The van der Waals surface area contributed by atoms with Crippen molar-refractivity contribution < 1.29 is 8.42 Å². The largest absolute Gasteiger partial charge is 0.240 e. The SMILES string of the molecule is CCCCCCCCCCCCCCCCC(CSc1ccccc1)NS(=O)(=O)c1ccc(C)cc1. The molecule has 1 atom stereocenters. The molecular weight excluding hydrogens is 482 g/mol. The second-order valence-corrected chi connectivity index (χ2v) is 12.9. The van der Waals surface area contributed by atoms with Crippen molar-refractivity contribution in [1.29, 1.82) is 0 Å². The second-order valence-electron chi connectivity index (χ2n) is 10.1. The first-order valence-electron chi connectivity index (χ1n) is 14.3. The van der Waals surface area contributed by atoms with E-state index in [-0.39, 0.29) is 6.04 Å². The first-order valence-corrected chi connectivity index (χ1v) is 16.7. The van der Waals surface area contributed by atoms with Gasteiger partial charge in [-0.25, -0.2) is 13.1 Å². The van der Waals surface area contributed by atoms with Crippen LogP contribution in [0.4, 0.5) is 0 Å². The quantitative estimate of drug-likeness (QED) is 0.129. The summed E-state index contributed by atoms with van der Waals surface area (Å²) in [5.41, 5.74) is 1.06. The molecule has 2 rings (SSSR count). The number of rotatable bonds is 21. The Balaban J connectivity index is 1.67. The zero-order valence-electron chi connectivity index (χ0n) is 22.7. The maximum atomic E-state index is 13.0. The fourth-order valence-electron chi connectivity index (χ4n) is 4.48. The highest BCUT2D eigenvalue weighted by Gasteiger charge is 2.20. The molecular formula is C31H49NO2S2. The Bertz CT molecular complexity index is 898. The van der Waals surface area contributed by atoms with Gasteiger partial charge in [0.2, 0.25) is 10.0 Å². The number of hydrogen-bond acceptors (Lipinski definition) is 3. The molecule has 0 amide bonds. The smallest absolute Gasteiger partial charge is 0.207 e. The van der Waals surface area contributed by atoms with Gasteiger partial charge in [-0.2, -0.15) is 0 Å². The number of sulfonamides is 1. The molecule has 5 heteroatoms. The topological polar surface area (TPSA) is 46.2 Å². The van der Waals surface area contributed by atoms with Crippen LogP contribution in [-0.4, -0.2) is 20.2 Å². The van der Waals surface area contributed by atoms with Gasteiger partial charge in [0.15, 0.2) is 0 Å². The zero-order chi connectivity index (χ0) is 25.9. The molecule has 3 nitrogen and oxygen atoms in total. The van der Waals surface area contributed by atoms with Gasteiger partial charge in [-0.3, -0.25) is 0 Å². The lowest BCUT2D eigenvalue weighted by molar-refractivity contribution is 0.508. The highest BCUT2D eigenvalue weighted by molar-refractivity contribution is 7.99. The van der Waals surface area contributed by atoms with Crippen LogP contribution in [-0.2, 0) is 10.0 Å². The van der Waals surface area contributed by atoms with Crippen LogP contribution in [0.2, 0.25) is 0 Å². The fourth-order valence-corrected chi connectivity index (χ4v) is 6.85. The van der Waals surface area contributed by atoms with Crippen LogP contribution >= 0.6 is 11.8 Å². The maximum absolute atomic E-state index is 13.0. The van der Waals surface area contributed by atoms with Crippen molar-refractivity contribution in [2.24, 2.45) is 0 Å². The molecule has 1 unspecified atom stereocenters. The molecule has 1 N–H and O–H groups in total. The average molecular weight is 532 g/mol. The summed E-state index contributed by atoms with van der Waals surface area (Å²) in [6.07, 6.45) is 19.5. The standard InChI is InChI=1S/C31H49NO2S2/c1-3-4-5-6-7-8-9-10-11-12-13-14-15-17-20-29(27-35-30-21-18-16-19-22-30)32-36(33,34)31-25-23-28(2)24-26-31/h16,18-19,21-26,29,32H,3-15,17,20,27H2,1-2H3.